The van der Waals surface area contributed by atoms with Crippen LogP contribution in [0.1, 0.15) is 15.4 Å². The molecule has 0 amide bonds. The van der Waals surface area contributed by atoms with Crippen molar-refractivity contribution in [2.45, 2.75) is 11.8 Å². The van der Waals surface area contributed by atoms with E-state index < -0.39 is 0 Å². The van der Waals surface area contributed by atoms with Gasteiger partial charge in [-0.25, -0.2) is 9.97 Å². The maximum atomic E-state index is 4.67. The van der Waals surface area contributed by atoms with Crippen LogP contribution in [-0.4, -0.2) is 16.2 Å². The zero-order valence-corrected chi connectivity index (χ0v) is 14.1. The van der Waals surface area contributed by atoms with Gasteiger partial charge in [-0.3, -0.25) is 0 Å². The van der Waals surface area contributed by atoms with Crippen molar-refractivity contribution in [1.29, 1.82) is 0 Å². The molecule has 0 spiro atoms. The third kappa shape index (κ3) is 3.46. The van der Waals surface area contributed by atoms with Gasteiger partial charge in [-0.15, -0.1) is 23.1 Å². The van der Waals surface area contributed by atoms with Crippen LogP contribution in [0, 0.1) is 6.92 Å². The van der Waals surface area contributed by atoms with E-state index in [1.54, 1.807) is 23.1 Å². The summed E-state index contributed by atoms with van der Waals surface area (Å²) >= 11 is 3.49. The van der Waals surface area contributed by atoms with Gasteiger partial charge in [0.25, 0.3) is 0 Å². The van der Waals surface area contributed by atoms with Gasteiger partial charge < -0.3 is 0 Å². The molecule has 0 saturated heterocycles. The minimum atomic E-state index is 0.773. The number of aryl methyl sites for hydroxylation is 1. The number of hydrogen-bond donors (Lipinski definition) is 0. The first-order valence-electron chi connectivity index (χ1n) is 6.97. The molecule has 3 aromatic rings. The van der Waals surface area contributed by atoms with E-state index in [0.717, 1.165) is 17.1 Å². The van der Waals surface area contributed by atoms with Crippen molar-refractivity contribution in [3.05, 3.63) is 64.1 Å². The van der Waals surface area contributed by atoms with Gasteiger partial charge in [0.1, 0.15) is 0 Å². The minimum Gasteiger partial charge on any atom is -0.237 e. The molecule has 2 aromatic heterocycles. The summed E-state index contributed by atoms with van der Waals surface area (Å²) < 4.78 is 0. The molecule has 0 aliphatic rings. The topological polar surface area (TPSA) is 25.8 Å². The second kappa shape index (κ2) is 6.90. The second-order valence-electron chi connectivity index (χ2n) is 4.79. The molecule has 0 atom stereocenters. The predicted molar refractivity (Wildman–Crippen MR) is 97.2 cm³/mol. The Labute approximate surface area is 139 Å². The normalized spacial score (nSPS) is 11.2. The lowest BCUT2D eigenvalue weighted by Crippen LogP contribution is -1.92. The summed E-state index contributed by atoms with van der Waals surface area (Å²) in [5.41, 5.74) is 2.00. The summed E-state index contributed by atoms with van der Waals surface area (Å²) in [5, 5.41) is 0. The van der Waals surface area contributed by atoms with Crippen molar-refractivity contribution >= 4 is 35.3 Å². The van der Waals surface area contributed by atoms with Gasteiger partial charge in [-0.2, -0.15) is 0 Å². The first-order chi connectivity index (χ1) is 10.8. The number of nitrogens with zero attached hydrogens (tertiary/aromatic N) is 2. The van der Waals surface area contributed by atoms with Gasteiger partial charge in [0.05, 0.1) is 5.69 Å². The molecule has 0 aliphatic carbocycles. The molecule has 2 heterocycles. The lowest BCUT2D eigenvalue weighted by atomic mass is 10.2. The predicted octanol–water partition coefficient (Wildman–Crippen LogP) is 5.41. The highest BCUT2D eigenvalue weighted by Gasteiger charge is 2.06. The molecule has 0 unspecified atom stereocenters. The Morgan fingerprint density at radius 2 is 1.91 bits per heavy atom. The van der Waals surface area contributed by atoms with Crippen molar-refractivity contribution in [1.82, 2.24) is 9.97 Å². The molecule has 1 aromatic carbocycles. The molecule has 0 N–H and O–H groups in total. The summed E-state index contributed by atoms with van der Waals surface area (Å²) in [5.74, 6) is 0.773. The lowest BCUT2D eigenvalue weighted by Gasteiger charge is -2.05. The quantitative estimate of drug-likeness (QED) is 0.600. The zero-order chi connectivity index (χ0) is 15.4. The fraction of sp³-hybridized carbons (Fsp3) is 0.111. The van der Waals surface area contributed by atoms with Gasteiger partial charge in [0.2, 0.25) is 0 Å². The Balaban J connectivity index is 1.91. The number of benzene rings is 1. The van der Waals surface area contributed by atoms with E-state index in [0.29, 0.717) is 0 Å². The van der Waals surface area contributed by atoms with Gasteiger partial charge in [0, 0.05) is 26.4 Å². The summed E-state index contributed by atoms with van der Waals surface area (Å²) in [6, 6.07) is 14.4. The number of aromatic nitrogens is 2. The Morgan fingerprint density at radius 3 is 2.68 bits per heavy atom. The maximum absolute atomic E-state index is 4.67. The number of thioether (sulfide) groups is 1. The Bertz CT molecular complexity index is 806. The minimum absolute atomic E-state index is 0.773. The third-order valence-electron chi connectivity index (χ3n) is 3.20. The molecule has 3 rings (SSSR count). The van der Waals surface area contributed by atoms with Crippen molar-refractivity contribution in [3.63, 3.8) is 0 Å². The SMILES string of the molecule is CSc1ccccc1-c1nccc(/C=C/c2ccc(C)s2)n1. The Hall–Kier alpha value is -1.91. The molecule has 4 heteroatoms. The number of rotatable bonds is 4. The average Bonchev–Trinajstić information content (AvgIpc) is 2.98. The molecular weight excluding hydrogens is 308 g/mol. The first-order valence-corrected chi connectivity index (χ1v) is 9.01. The van der Waals surface area contributed by atoms with Crippen molar-refractivity contribution in [2.75, 3.05) is 6.26 Å². The Morgan fingerprint density at radius 1 is 1.05 bits per heavy atom. The molecule has 0 saturated carbocycles. The molecule has 110 valence electrons. The van der Waals surface area contributed by atoms with Crippen molar-refractivity contribution in [2.24, 2.45) is 0 Å². The summed E-state index contributed by atoms with van der Waals surface area (Å²) in [7, 11) is 0. The zero-order valence-electron chi connectivity index (χ0n) is 12.5. The van der Waals surface area contributed by atoms with Crippen LogP contribution in [0.2, 0.25) is 0 Å². The van der Waals surface area contributed by atoms with Crippen molar-refractivity contribution < 1.29 is 0 Å². The molecular formula is C18H16N2S2. The molecule has 0 aliphatic heterocycles. The van der Waals surface area contributed by atoms with E-state index in [-0.39, 0.29) is 0 Å². The van der Waals surface area contributed by atoms with E-state index >= 15 is 0 Å². The number of thiophene rings is 1. The molecule has 0 radical (unpaired) electrons. The summed E-state index contributed by atoms with van der Waals surface area (Å²) in [6.45, 7) is 2.12. The average molecular weight is 324 g/mol. The van der Waals surface area contributed by atoms with Gasteiger partial charge in [0.15, 0.2) is 5.82 Å². The first kappa shape index (κ1) is 15.0. The fourth-order valence-corrected chi connectivity index (χ4v) is 3.51. The lowest BCUT2D eigenvalue weighted by molar-refractivity contribution is 1.15. The summed E-state index contributed by atoms with van der Waals surface area (Å²) in [6.07, 6.45) is 8.03. The van der Waals surface area contributed by atoms with Crippen LogP contribution in [0.5, 0.6) is 0 Å². The van der Waals surface area contributed by atoms with Crippen LogP contribution in [-0.2, 0) is 0 Å². The highest BCUT2D eigenvalue weighted by atomic mass is 32.2. The van der Waals surface area contributed by atoms with E-state index in [4.69, 9.17) is 0 Å². The highest BCUT2D eigenvalue weighted by Crippen LogP contribution is 2.27. The van der Waals surface area contributed by atoms with Crippen LogP contribution in [0.4, 0.5) is 0 Å². The smallest absolute Gasteiger partial charge is 0.160 e. The van der Waals surface area contributed by atoms with E-state index in [1.165, 1.54) is 14.6 Å². The van der Waals surface area contributed by atoms with E-state index in [9.17, 15) is 0 Å². The molecule has 0 fully saturated rings. The van der Waals surface area contributed by atoms with Crippen LogP contribution in [0.3, 0.4) is 0 Å². The van der Waals surface area contributed by atoms with E-state index in [2.05, 4.69) is 53.5 Å². The standard InChI is InChI=1S/C18H16N2S2/c1-13-7-9-15(22-13)10-8-14-11-12-19-18(20-14)16-5-3-4-6-17(16)21-2/h3-12H,1-2H3/b10-8+. The van der Waals surface area contributed by atoms with Crippen LogP contribution in [0.25, 0.3) is 23.5 Å². The van der Waals surface area contributed by atoms with Gasteiger partial charge in [-0.1, -0.05) is 18.2 Å². The Kier molecular flexibility index (Phi) is 4.71. The van der Waals surface area contributed by atoms with Crippen molar-refractivity contribution in [3.8, 4) is 11.4 Å². The van der Waals surface area contributed by atoms with E-state index in [1.807, 2.05) is 30.5 Å². The van der Waals surface area contributed by atoms with Gasteiger partial charge >= 0.3 is 0 Å². The maximum Gasteiger partial charge on any atom is 0.160 e. The fourth-order valence-electron chi connectivity index (χ4n) is 2.14. The molecule has 0 bridgehead atoms. The highest BCUT2D eigenvalue weighted by molar-refractivity contribution is 7.98. The third-order valence-corrected chi connectivity index (χ3v) is 4.97. The largest absolute Gasteiger partial charge is 0.237 e. The molecule has 22 heavy (non-hydrogen) atoms. The second-order valence-corrected chi connectivity index (χ2v) is 6.95. The van der Waals surface area contributed by atoms with Crippen LogP contribution in [0.15, 0.2) is 53.6 Å². The number of hydrogen-bond acceptors (Lipinski definition) is 4. The van der Waals surface area contributed by atoms with Crippen LogP contribution < -0.4 is 0 Å². The monoisotopic (exact) mass is 324 g/mol. The summed E-state index contributed by atoms with van der Waals surface area (Å²) in [4.78, 5) is 12.8. The van der Waals surface area contributed by atoms with Gasteiger partial charge in [-0.05, 0) is 49.6 Å². The molecule has 2 nitrogen and oxygen atoms in total. The van der Waals surface area contributed by atoms with Crippen LogP contribution >= 0.6 is 23.1 Å².